The third-order valence-electron chi connectivity index (χ3n) is 18.0. The second-order valence-electron chi connectivity index (χ2n) is 24.7. The standard InChI is InChI=1S/C60H84N4O12/c1-13-33-37-17-39(51(67)45(49(37)65)21-61-29-73-25-57(61,5)6)34(14-2)41-19-43(55(71)47(53(41)69)23-63-31-75-27-59(63,9)10)36(16-4)44-20-42(54(70)48(56(44)72)24-64-32-76-28-60(64,11)12)35(15-3)40-18-38(33)50(66)46(52(40)68)22-62-30-74-26-58(62,7)8/h17-20,33-36,65-72H,13-16,21-32H2,1-12H3. The summed E-state index contributed by atoms with van der Waals surface area (Å²) in [5.41, 5.74) is 2.66. The lowest BCUT2D eigenvalue weighted by Gasteiger charge is -2.34. The van der Waals surface area contributed by atoms with Gasteiger partial charge in [0.05, 0.1) is 75.6 Å². The predicted molar refractivity (Wildman–Crippen MR) is 289 cm³/mol. The number of phenolic OH excluding ortho intramolecular Hbond substituents is 8. The first-order valence-corrected chi connectivity index (χ1v) is 27.4. The maximum atomic E-state index is 12.9. The molecule has 0 unspecified atom stereocenters. The van der Waals surface area contributed by atoms with Gasteiger partial charge in [0.1, 0.15) is 46.0 Å². The van der Waals surface area contributed by atoms with Gasteiger partial charge in [0.25, 0.3) is 0 Å². The molecule has 16 nitrogen and oxygen atoms in total. The minimum atomic E-state index is -0.733. The molecule has 416 valence electrons. The fourth-order valence-electron chi connectivity index (χ4n) is 12.7. The molecule has 5 aliphatic rings. The van der Waals surface area contributed by atoms with E-state index < -0.39 is 45.8 Å². The molecule has 4 heterocycles. The monoisotopic (exact) mass is 1050 g/mol. The fraction of sp³-hybridized carbons (Fsp3) is 0.600. The summed E-state index contributed by atoms with van der Waals surface area (Å²) in [5, 5.41) is 103. The Kier molecular flexibility index (Phi) is 15.1. The van der Waals surface area contributed by atoms with Crippen molar-refractivity contribution in [2.24, 2.45) is 0 Å². The number of rotatable bonds is 12. The first-order valence-electron chi connectivity index (χ1n) is 27.4. The highest BCUT2D eigenvalue weighted by Crippen LogP contribution is 2.56. The minimum Gasteiger partial charge on any atom is -0.507 e. The fourth-order valence-corrected chi connectivity index (χ4v) is 12.7. The summed E-state index contributed by atoms with van der Waals surface area (Å²) in [6, 6.07) is 7.19. The van der Waals surface area contributed by atoms with E-state index in [0.29, 0.717) is 96.6 Å². The van der Waals surface area contributed by atoms with E-state index in [1.165, 1.54) is 0 Å². The topological polar surface area (TPSA) is 212 Å². The van der Waals surface area contributed by atoms with Crippen molar-refractivity contribution in [3.05, 3.63) is 91.0 Å². The Morgan fingerprint density at radius 1 is 0.329 bits per heavy atom. The molecule has 4 aromatic rings. The molecule has 0 spiro atoms. The Balaban J connectivity index is 1.42. The van der Waals surface area contributed by atoms with Crippen molar-refractivity contribution < 1.29 is 59.8 Å². The number of fused-ring (bicyclic) bond motifs is 8. The van der Waals surface area contributed by atoms with Gasteiger partial charge in [-0.25, -0.2) is 0 Å². The van der Waals surface area contributed by atoms with Gasteiger partial charge in [0, 0.05) is 117 Å². The van der Waals surface area contributed by atoms with Gasteiger partial charge in [-0.2, -0.15) is 0 Å². The van der Waals surface area contributed by atoms with Gasteiger partial charge in [-0.3, -0.25) is 19.6 Å². The van der Waals surface area contributed by atoms with Crippen molar-refractivity contribution in [3.63, 3.8) is 0 Å². The molecule has 4 aromatic carbocycles. The lowest BCUT2D eigenvalue weighted by Crippen LogP contribution is -2.39. The van der Waals surface area contributed by atoms with Crippen LogP contribution in [0.15, 0.2) is 24.3 Å². The molecule has 4 saturated heterocycles. The molecule has 76 heavy (non-hydrogen) atoms. The first kappa shape index (κ1) is 55.7. The van der Waals surface area contributed by atoms with Gasteiger partial charge in [-0.05, 0) is 105 Å². The molecule has 16 heteroatoms. The number of benzene rings is 4. The minimum absolute atomic E-state index is 0.106. The summed E-state index contributed by atoms with van der Waals surface area (Å²) in [7, 11) is 0. The molecule has 0 saturated carbocycles. The van der Waals surface area contributed by atoms with Crippen LogP contribution in [0.2, 0.25) is 0 Å². The smallest absolute Gasteiger partial charge is 0.127 e. The van der Waals surface area contributed by atoms with Crippen molar-refractivity contribution in [3.8, 4) is 46.0 Å². The molecule has 4 aliphatic heterocycles. The van der Waals surface area contributed by atoms with Gasteiger partial charge >= 0.3 is 0 Å². The maximum absolute atomic E-state index is 12.9. The van der Waals surface area contributed by atoms with Crippen LogP contribution in [0.4, 0.5) is 0 Å². The van der Waals surface area contributed by atoms with Gasteiger partial charge in [-0.1, -0.05) is 27.7 Å². The van der Waals surface area contributed by atoms with Gasteiger partial charge in [-0.15, -0.1) is 0 Å². The van der Waals surface area contributed by atoms with E-state index in [2.05, 4.69) is 19.6 Å². The third-order valence-corrected chi connectivity index (χ3v) is 18.0. The Labute approximate surface area is 449 Å². The van der Waals surface area contributed by atoms with Crippen LogP contribution in [0.5, 0.6) is 46.0 Å². The Morgan fingerprint density at radius 2 is 0.487 bits per heavy atom. The number of nitrogens with zero attached hydrogens (tertiary/aromatic N) is 4. The normalized spacial score (nSPS) is 24.5. The Hall–Kier alpha value is -5.04. The third kappa shape index (κ3) is 9.51. The molecule has 4 fully saturated rings. The van der Waals surface area contributed by atoms with E-state index in [0.717, 1.165) is 0 Å². The number of ether oxygens (including phenoxy) is 4. The molecular formula is C60H84N4O12. The van der Waals surface area contributed by atoms with Crippen molar-refractivity contribution >= 4 is 0 Å². The second kappa shape index (κ2) is 20.6. The van der Waals surface area contributed by atoms with Crippen LogP contribution in [-0.4, -0.2) is 136 Å². The molecule has 0 amide bonds. The second-order valence-corrected chi connectivity index (χ2v) is 24.7. The van der Waals surface area contributed by atoms with Crippen LogP contribution in [-0.2, 0) is 45.1 Å². The summed E-state index contributed by atoms with van der Waals surface area (Å²) in [6.07, 6.45) is 1.43. The van der Waals surface area contributed by atoms with Crippen molar-refractivity contribution in [1.82, 2.24) is 19.6 Å². The summed E-state index contributed by atoms with van der Waals surface area (Å²) in [5.74, 6) is -4.14. The quantitative estimate of drug-likeness (QED) is 0.0663. The molecule has 0 aromatic heterocycles. The molecule has 0 radical (unpaired) electrons. The van der Waals surface area contributed by atoms with E-state index in [1.807, 2.05) is 83.1 Å². The summed E-state index contributed by atoms with van der Waals surface area (Å²) in [6.45, 7) is 27.4. The highest BCUT2D eigenvalue weighted by atomic mass is 16.5. The number of aromatic hydroxyl groups is 8. The van der Waals surface area contributed by atoms with Crippen molar-refractivity contribution in [2.45, 2.75) is 181 Å². The zero-order valence-electron chi connectivity index (χ0n) is 46.9. The van der Waals surface area contributed by atoms with Crippen molar-refractivity contribution in [1.29, 1.82) is 0 Å². The average Bonchev–Trinajstić information content (AvgIpc) is 4.12. The van der Waals surface area contributed by atoms with Crippen molar-refractivity contribution in [2.75, 3.05) is 53.4 Å². The Morgan fingerprint density at radius 3 is 0.605 bits per heavy atom. The van der Waals surface area contributed by atoms with E-state index in [4.69, 9.17) is 18.9 Å². The van der Waals surface area contributed by atoms with Crippen LogP contribution in [0.25, 0.3) is 0 Å². The average molecular weight is 1050 g/mol. The lowest BCUT2D eigenvalue weighted by molar-refractivity contribution is 0.123. The van der Waals surface area contributed by atoms with Gasteiger partial charge in [0.15, 0.2) is 0 Å². The highest BCUT2D eigenvalue weighted by Gasteiger charge is 2.42. The largest absolute Gasteiger partial charge is 0.507 e. The van der Waals surface area contributed by atoms with Gasteiger partial charge in [0.2, 0.25) is 0 Å². The van der Waals surface area contributed by atoms with Gasteiger partial charge < -0.3 is 59.8 Å². The maximum Gasteiger partial charge on any atom is 0.127 e. The number of hydrogen-bond donors (Lipinski definition) is 8. The van der Waals surface area contributed by atoms with E-state index >= 15 is 0 Å². The predicted octanol–water partition coefficient (Wildman–Crippen LogP) is 10.1. The zero-order chi connectivity index (χ0) is 55.1. The SMILES string of the molecule is CCC1c2cc(c(O)c(CN3COCC3(C)C)c2O)C(CC)c2cc(c(O)c(CN3COCC3(C)C)c2O)C(CC)c2cc(c(O)c(CN3COCC3(C)C)c2O)C(CC)c2cc1c(O)c(CN1COCC1(C)C)c2O. The van der Waals surface area contributed by atoms with Crippen LogP contribution in [0.3, 0.4) is 0 Å². The lowest BCUT2D eigenvalue weighted by atomic mass is 9.75. The van der Waals surface area contributed by atoms with Crippen LogP contribution in [0, 0.1) is 0 Å². The summed E-state index contributed by atoms with van der Waals surface area (Å²) in [4.78, 5) is 8.23. The van der Waals surface area contributed by atoms with Crippen LogP contribution in [0.1, 0.15) is 199 Å². The molecule has 8 bridgehead atoms. The summed E-state index contributed by atoms with van der Waals surface area (Å²) >= 11 is 0. The molecule has 1 aliphatic carbocycles. The van der Waals surface area contributed by atoms with E-state index in [1.54, 1.807) is 24.3 Å². The van der Waals surface area contributed by atoms with Crippen LogP contribution < -0.4 is 0 Å². The Bertz CT molecular complexity index is 2370. The molecule has 0 atom stereocenters. The molecule has 9 rings (SSSR count). The highest BCUT2D eigenvalue weighted by molar-refractivity contribution is 5.68. The molecular weight excluding hydrogens is 969 g/mol. The van der Waals surface area contributed by atoms with E-state index in [-0.39, 0.29) is 121 Å². The molecule has 8 N–H and O–H groups in total. The van der Waals surface area contributed by atoms with Crippen LogP contribution >= 0.6 is 0 Å². The first-order chi connectivity index (χ1) is 35.8. The summed E-state index contributed by atoms with van der Waals surface area (Å²) < 4.78 is 23.8. The number of hydrogen-bond acceptors (Lipinski definition) is 16. The van der Waals surface area contributed by atoms with E-state index in [9.17, 15) is 40.9 Å². The number of phenols is 8. The zero-order valence-corrected chi connectivity index (χ0v) is 46.9.